The molecule has 1 fully saturated rings. The molecule has 1 saturated carbocycles. The molecule has 0 spiro atoms. The lowest BCUT2D eigenvalue weighted by Gasteiger charge is -2.30. The highest BCUT2D eigenvalue weighted by Gasteiger charge is 2.35. The number of carbonyl (C=O) groups excluding carboxylic acids is 2. The summed E-state index contributed by atoms with van der Waals surface area (Å²) >= 11 is 0. The van der Waals surface area contributed by atoms with E-state index in [1.165, 1.54) is 15.3 Å². The van der Waals surface area contributed by atoms with E-state index in [1.807, 2.05) is 18.2 Å². The van der Waals surface area contributed by atoms with Crippen molar-refractivity contribution < 1.29 is 22.4 Å². The Balaban J connectivity index is 1.30. The van der Waals surface area contributed by atoms with Crippen molar-refractivity contribution in [2.45, 2.75) is 69.0 Å². The third kappa shape index (κ3) is 4.99. The summed E-state index contributed by atoms with van der Waals surface area (Å²) in [6, 6.07) is 16.2. The monoisotopic (exact) mass is 537 g/mol. The lowest BCUT2D eigenvalue weighted by atomic mass is 10.1. The van der Waals surface area contributed by atoms with Gasteiger partial charge in [0.05, 0.1) is 10.6 Å². The average Bonchev–Trinajstić information content (AvgIpc) is 3.49. The first-order valence-electron chi connectivity index (χ1n) is 13.1. The van der Waals surface area contributed by atoms with Gasteiger partial charge in [0.15, 0.2) is 0 Å². The summed E-state index contributed by atoms with van der Waals surface area (Å²) in [5, 5.41) is 4.57. The van der Waals surface area contributed by atoms with Gasteiger partial charge >= 0.3 is 0 Å². The van der Waals surface area contributed by atoms with Crippen molar-refractivity contribution in [3.05, 3.63) is 72.0 Å². The Hall–Kier alpha value is -3.46. The number of amides is 2. The van der Waals surface area contributed by atoms with Gasteiger partial charge in [0, 0.05) is 36.5 Å². The Kier molecular flexibility index (Phi) is 7.38. The number of nitrogens with one attached hydrogen (secondary N) is 1. The van der Waals surface area contributed by atoms with Gasteiger partial charge in [-0.2, -0.15) is 0 Å². The van der Waals surface area contributed by atoms with Crippen molar-refractivity contribution >= 4 is 38.3 Å². The zero-order valence-electron chi connectivity index (χ0n) is 21.4. The molecule has 2 amide bonds. The Morgan fingerprint density at radius 3 is 2.50 bits per heavy atom. The van der Waals surface area contributed by atoms with Crippen LogP contribution in [0.3, 0.4) is 0 Å². The summed E-state index contributed by atoms with van der Waals surface area (Å²) in [7, 11) is -3.72. The molecule has 1 atom stereocenters. The number of carbonyl (C=O) groups is 2. The van der Waals surface area contributed by atoms with Crippen molar-refractivity contribution in [1.29, 1.82) is 0 Å². The molecule has 0 bridgehead atoms. The van der Waals surface area contributed by atoms with E-state index in [0.29, 0.717) is 16.6 Å². The highest BCUT2D eigenvalue weighted by molar-refractivity contribution is 7.93. The van der Waals surface area contributed by atoms with Gasteiger partial charge in [-0.3, -0.25) is 13.9 Å². The van der Waals surface area contributed by atoms with Crippen LogP contribution in [-0.2, 0) is 26.2 Å². The largest absolute Gasteiger partial charge is 0.352 e. The molecule has 0 radical (unpaired) electrons. The summed E-state index contributed by atoms with van der Waals surface area (Å²) in [6.07, 6.45) is 4.24. The van der Waals surface area contributed by atoms with Crippen LogP contribution in [-0.4, -0.2) is 43.8 Å². The summed E-state index contributed by atoms with van der Waals surface area (Å²) in [4.78, 5) is 28.1. The molecule has 7 nitrogen and oxygen atoms in total. The molecule has 9 heteroatoms. The Labute approximate surface area is 222 Å². The van der Waals surface area contributed by atoms with Gasteiger partial charge in [0.1, 0.15) is 11.9 Å². The maximum atomic E-state index is 14.5. The minimum Gasteiger partial charge on any atom is -0.352 e. The second-order valence-electron chi connectivity index (χ2n) is 10.1. The van der Waals surface area contributed by atoms with Crippen molar-refractivity contribution in [3.63, 3.8) is 0 Å². The SMILES string of the molecule is C[C@H](C(=O)NC1CCCC1)N(Cc1ccccc1F)C(=O)CCCN1c2cccc3cccc(c23)S1(=O)=O. The molecule has 38 heavy (non-hydrogen) atoms. The van der Waals surface area contributed by atoms with Crippen molar-refractivity contribution in [3.8, 4) is 0 Å². The van der Waals surface area contributed by atoms with E-state index in [-0.39, 0.29) is 48.7 Å². The van der Waals surface area contributed by atoms with Gasteiger partial charge in [-0.25, -0.2) is 12.8 Å². The van der Waals surface area contributed by atoms with Crippen LogP contribution in [0.5, 0.6) is 0 Å². The van der Waals surface area contributed by atoms with Gasteiger partial charge in [-0.05, 0) is 49.8 Å². The van der Waals surface area contributed by atoms with Crippen molar-refractivity contribution in [1.82, 2.24) is 10.2 Å². The molecule has 0 aromatic heterocycles. The molecule has 1 N–H and O–H groups in total. The van der Waals surface area contributed by atoms with Crippen LogP contribution < -0.4 is 9.62 Å². The van der Waals surface area contributed by atoms with Crippen molar-refractivity contribution in [2.24, 2.45) is 0 Å². The van der Waals surface area contributed by atoms with Crippen LogP contribution in [0.25, 0.3) is 10.8 Å². The second kappa shape index (κ2) is 10.7. The number of nitrogens with zero attached hydrogens (tertiary/aromatic N) is 2. The van der Waals surface area contributed by atoms with Gasteiger partial charge in [-0.15, -0.1) is 0 Å². The van der Waals surface area contributed by atoms with E-state index in [1.54, 1.807) is 43.3 Å². The number of anilines is 1. The molecule has 1 aliphatic heterocycles. The lowest BCUT2D eigenvalue weighted by molar-refractivity contribution is -0.141. The average molecular weight is 538 g/mol. The van der Waals surface area contributed by atoms with E-state index in [0.717, 1.165) is 31.1 Å². The molecule has 1 aliphatic carbocycles. The molecule has 5 rings (SSSR count). The number of benzene rings is 3. The third-order valence-corrected chi connectivity index (χ3v) is 9.46. The van der Waals surface area contributed by atoms with Crippen LogP contribution in [0, 0.1) is 5.82 Å². The zero-order valence-corrected chi connectivity index (χ0v) is 22.2. The molecule has 3 aromatic carbocycles. The minimum atomic E-state index is -3.72. The van der Waals surface area contributed by atoms with Gasteiger partial charge in [-0.1, -0.05) is 55.3 Å². The van der Waals surface area contributed by atoms with Crippen LogP contribution in [0.2, 0.25) is 0 Å². The predicted molar refractivity (Wildman–Crippen MR) is 145 cm³/mol. The molecular weight excluding hydrogens is 505 g/mol. The summed E-state index contributed by atoms with van der Waals surface area (Å²) in [6.45, 7) is 1.74. The normalized spacial score (nSPS) is 17.1. The van der Waals surface area contributed by atoms with Crippen LogP contribution >= 0.6 is 0 Å². The lowest BCUT2D eigenvalue weighted by Crippen LogP contribution is -2.49. The van der Waals surface area contributed by atoms with E-state index in [9.17, 15) is 22.4 Å². The first-order valence-corrected chi connectivity index (χ1v) is 14.6. The number of hydrogen-bond acceptors (Lipinski definition) is 4. The predicted octanol–water partition coefficient (Wildman–Crippen LogP) is 4.74. The second-order valence-corrected chi connectivity index (χ2v) is 11.9. The van der Waals surface area contributed by atoms with Crippen molar-refractivity contribution in [2.75, 3.05) is 10.8 Å². The number of rotatable bonds is 9. The molecule has 3 aromatic rings. The molecule has 2 aliphatic rings. The zero-order chi connectivity index (χ0) is 26.9. The van der Waals surface area contributed by atoms with Gasteiger partial charge in [0.25, 0.3) is 10.0 Å². The summed E-state index contributed by atoms with van der Waals surface area (Å²) in [5.41, 5.74) is 0.934. The van der Waals surface area contributed by atoms with Gasteiger partial charge in [0.2, 0.25) is 11.8 Å². The van der Waals surface area contributed by atoms with E-state index < -0.39 is 21.9 Å². The maximum absolute atomic E-state index is 14.5. The molecular formula is C29H32FN3O4S. The Morgan fingerprint density at radius 1 is 1.05 bits per heavy atom. The van der Waals surface area contributed by atoms with E-state index in [4.69, 9.17) is 0 Å². The highest BCUT2D eigenvalue weighted by atomic mass is 32.2. The fourth-order valence-electron chi connectivity index (χ4n) is 5.50. The fourth-order valence-corrected chi connectivity index (χ4v) is 7.25. The molecule has 200 valence electrons. The summed E-state index contributed by atoms with van der Waals surface area (Å²) < 4.78 is 42.3. The molecule has 0 saturated heterocycles. The molecule has 1 heterocycles. The Bertz CT molecular complexity index is 1460. The van der Waals surface area contributed by atoms with Crippen LogP contribution in [0.15, 0.2) is 65.6 Å². The fraction of sp³-hybridized carbons (Fsp3) is 0.379. The maximum Gasteiger partial charge on any atom is 0.265 e. The van der Waals surface area contributed by atoms with Crippen LogP contribution in [0.4, 0.5) is 10.1 Å². The molecule has 0 unspecified atom stereocenters. The van der Waals surface area contributed by atoms with E-state index in [2.05, 4.69) is 5.32 Å². The quantitative estimate of drug-likeness (QED) is 0.427. The minimum absolute atomic E-state index is 0.0217. The number of halogens is 1. The highest BCUT2D eigenvalue weighted by Crippen LogP contribution is 2.42. The standard InChI is InChI=1S/C29H32FN3O4S/c1-20(29(35)31-23-12-3-4-13-23)32(19-22-9-2-5-14-24(22)30)27(34)17-8-18-33-25-15-6-10-21-11-7-16-26(28(21)25)38(33,36)37/h2,5-7,9-11,14-16,20,23H,3-4,8,12-13,17-19H2,1H3,(H,31,35)/t20-/m1/s1. The first kappa shape index (κ1) is 26.2. The Morgan fingerprint density at radius 2 is 1.76 bits per heavy atom. The van der Waals surface area contributed by atoms with Crippen LogP contribution in [0.1, 0.15) is 51.0 Å². The van der Waals surface area contributed by atoms with E-state index >= 15 is 0 Å². The number of hydrogen-bond donors (Lipinski definition) is 1. The third-order valence-electron chi connectivity index (χ3n) is 7.60. The summed E-state index contributed by atoms with van der Waals surface area (Å²) in [5.74, 6) is -1.02. The first-order chi connectivity index (χ1) is 18.3. The number of sulfonamides is 1. The smallest absolute Gasteiger partial charge is 0.265 e. The van der Waals surface area contributed by atoms with Gasteiger partial charge < -0.3 is 10.2 Å². The topological polar surface area (TPSA) is 86.8 Å².